The molecule has 0 aliphatic carbocycles. The summed E-state index contributed by atoms with van der Waals surface area (Å²) < 4.78 is 11.6. The first-order valence-electron chi connectivity index (χ1n) is 7.24. The van der Waals surface area contributed by atoms with Crippen LogP contribution in [0.2, 0.25) is 0 Å². The first-order valence-corrected chi connectivity index (χ1v) is 7.24. The summed E-state index contributed by atoms with van der Waals surface area (Å²) in [5, 5.41) is 3.48. The van der Waals surface area contributed by atoms with Gasteiger partial charge in [0.15, 0.2) is 0 Å². The molecule has 0 amide bonds. The van der Waals surface area contributed by atoms with Crippen molar-refractivity contribution < 1.29 is 9.15 Å². The van der Waals surface area contributed by atoms with Crippen molar-refractivity contribution in [2.24, 2.45) is 5.92 Å². The van der Waals surface area contributed by atoms with Crippen LogP contribution in [-0.4, -0.2) is 24.3 Å². The maximum absolute atomic E-state index is 6.21. The molecule has 1 aromatic heterocycles. The van der Waals surface area contributed by atoms with E-state index in [1.165, 1.54) is 0 Å². The monoisotopic (exact) mass is 265 g/mol. The minimum atomic E-state index is -0.0691. The van der Waals surface area contributed by atoms with Gasteiger partial charge in [0.2, 0.25) is 0 Å². The predicted octanol–water partition coefficient (Wildman–Crippen LogP) is 3.39. The Morgan fingerprint density at radius 2 is 2.11 bits per heavy atom. The lowest BCUT2D eigenvalue weighted by molar-refractivity contribution is -0.0777. The normalized spacial score (nSPS) is 26.5. The Morgan fingerprint density at radius 3 is 2.58 bits per heavy atom. The zero-order chi connectivity index (χ0) is 14.1. The molecule has 0 saturated carbocycles. The molecule has 3 heteroatoms. The summed E-state index contributed by atoms with van der Waals surface area (Å²) in [7, 11) is 2.05. The molecule has 2 rings (SSSR count). The topological polar surface area (TPSA) is 34.4 Å². The predicted molar refractivity (Wildman–Crippen MR) is 77.2 cm³/mol. The fourth-order valence-corrected chi connectivity index (χ4v) is 3.53. The van der Waals surface area contributed by atoms with Gasteiger partial charge in [-0.15, -0.1) is 0 Å². The number of aryl methyl sites for hydroxylation is 1. The van der Waals surface area contributed by atoms with Crippen LogP contribution in [0.5, 0.6) is 0 Å². The van der Waals surface area contributed by atoms with Gasteiger partial charge in [0.25, 0.3) is 0 Å². The molecule has 1 fully saturated rings. The van der Waals surface area contributed by atoms with Crippen molar-refractivity contribution in [2.45, 2.75) is 64.2 Å². The van der Waals surface area contributed by atoms with Crippen LogP contribution in [0.25, 0.3) is 0 Å². The van der Waals surface area contributed by atoms with E-state index in [-0.39, 0.29) is 11.2 Å². The van der Waals surface area contributed by atoms with Gasteiger partial charge in [-0.2, -0.15) is 0 Å². The fraction of sp³-hybridized carbons (Fsp3) is 0.750. The lowest BCUT2D eigenvalue weighted by Crippen LogP contribution is -2.43. The van der Waals surface area contributed by atoms with Crippen molar-refractivity contribution in [3.05, 3.63) is 24.2 Å². The van der Waals surface area contributed by atoms with Gasteiger partial charge in [-0.3, -0.25) is 0 Å². The smallest absolute Gasteiger partial charge is 0.103 e. The van der Waals surface area contributed by atoms with E-state index in [9.17, 15) is 0 Å². The maximum Gasteiger partial charge on any atom is 0.103 e. The van der Waals surface area contributed by atoms with E-state index in [0.29, 0.717) is 12.0 Å². The standard InChI is InChI=1S/C16H27NO2/c1-15(2)11-13(16(3,4)19-15)14(17-5)9-8-12-7-6-10-18-12/h6-7,10,13-14,17H,8-9,11H2,1-5H3. The molecule has 1 N–H and O–H groups in total. The Balaban J connectivity index is 2.01. The van der Waals surface area contributed by atoms with Gasteiger partial charge in [-0.1, -0.05) is 0 Å². The van der Waals surface area contributed by atoms with Gasteiger partial charge in [-0.05, 0) is 59.7 Å². The zero-order valence-corrected chi connectivity index (χ0v) is 12.8. The van der Waals surface area contributed by atoms with Crippen molar-refractivity contribution in [1.82, 2.24) is 5.32 Å². The van der Waals surface area contributed by atoms with Gasteiger partial charge in [0.1, 0.15) is 5.76 Å². The van der Waals surface area contributed by atoms with Crippen LogP contribution in [0.3, 0.4) is 0 Å². The molecule has 0 radical (unpaired) electrons. The fourth-order valence-electron chi connectivity index (χ4n) is 3.53. The number of furan rings is 1. The van der Waals surface area contributed by atoms with E-state index in [2.05, 4.69) is 33.0 Å². The molecule has 108 valence electrons. The third-order valence-electron chi connectivity index (χ3n) is 4.28. The lowest BCUT2D eigenvalue weighted by atomic mass is 9.80. The van der Waals surface area contributed by atoms with Gasteiger partial charge in [0.05, 0.1) is 17.5 Å². The molecule has 3 nitrogen and oxygen atoms in total. The first-order chi connectivity index (χ1) is 8.84. The molecular weight excluding hydrogens is 238 g/mol. The summed E-state index contributed by atoms with van der Waals surface area (Å²) in [6, 6.07) is 4.46. The number of ether oxygens (including phenoxy) is 1. The average Bonchev–Trinajstić information content (AvgIpc) is 2.86. The highest BCUT2D eigenvalue weighted by Gasteiger charge is 2.48. The summed E-state index contributed by atoms with van der Waals surface area (Å²) in [6.07, 6.45) is 4.90. The molecule has 1 saturated heterocycles. The van der Waals surface area contributed by atoms with Gasteiger partial charge in [0, 0.05) is 18.4 Å². The molecule has 1 aliphatic heterocycles. The summed E-state index contributed by atoms with van der Waals surface area (Å²) in [6.45, 7) is 8.80. The van der Waals surface area contributed by atoms with Crippen LogP contribution in [0.15, 0.2) is 22.8 Å². The van der Waals surface area contributed by atoms with E-state index in [1.54, 1.807) is 6.26 Å². The molecule has 19 heavy (non-hydrogen) atoms. The Hall–Kier alpha value is -0.800. The third-order valence-corrected chi connectivity index (χ3v) is 4.28. The number of rotatable bonds is 5. The Kier molecular flexibility index (Phi) is 4.07. The molecule has 1 aromatic rings. The quantitative estimate of drug-likeness (QED) is 0.886. The van der Waals surface area contributed by atoms with E-state index < -0.39 is 0 Å². The molecule has 1 aliphatic rings. The van der Waals surface area contributed by atoms with Crippen LogP contribution in [0.1, 0.15) is 46.3 Å². The highest BCUT2D eigenvalue weighted by molar-refractivity contribution is 5.02. The summed E-state index contributed by atoms with van der Waals surface area (Å²) >= 11 is 0. The van der Waals surface area contributed by atoms with E-state index in [0.717, 1.165) is 25.0 Å². The zero-order valence-electron chi connectivity index (χ0n) is 12.8. The highest BCUT2D eigenvalue weighted by atomic mass is 16.5. The van der Waals surface area contributed by atoms with Crippen molar-refractivity contribution in [3.63, 3.8) is 0 Å². The van der Waals surface area contributed by atoms with Crippen molar-refractivity contribution in [1.29, 1.82) is 0 Å². The van der Waals surface area contributed by atoms with Crippen molar-refractivity contribution in [3.8, 4) is 0 Å². The number of hydrogen-bond acceptors (Lipinski definition) is 3. The second-order valence-corrected chi connectivity index (χ2v) is 6.79. The van der Waals surface area contributed by atoms with Gasteiger partial charge < -0.3 is 14.5 Å². The van der Waals surface area contributed by atoms with Crippen LogP contribution < -0.4 is 5.32 Å². The largest absolute Gasteiger partial charge is 0.469 e. The number of nitrogens with one attached hydrogen (secondary N) is 1. The summed E-state index contributed by atoms with van der Waals surface area (Å²) in [4.78, 5) is 0. The average molecular weight is 265 g/mol. The molecule has 0 bridgehead atoms. The maximum atomic E-state index is 6.21. The summed E-state index contributed by atoms with van der Waals surface area (Å²) in [5.41, 5.74) is -0.0890. The minimum absolute atomic E-state index is 0.0199. The molecule has 2 heterocycles. The second-order valence-electron chi connectivity index (χ2n) is 6.79. The molecular formula is C16H27NO2. The Labute approximate surface area is 116 Å². The first kappa shape index (κ1) is 14.6. The van der Waals surface area contributed by atoms with Crippen molar-refractivity contribution >= 4 is 0 Å². The third kappa shape index (κ3) is 3.40. The van der Waals surface area contributed by atoms with Crippen LogP contribution in [0, 0.1) is 5.92 Å². The van der Waals surface area contributed by atoms with Crippen LogP contribution in [-0.2, 0) is 11.2 Å². The van der Waals surface area contributed by atoms with Crippen LogP contribution in [0.4, 0.5) is 0 Å². The Bertz CT molecular complexity index is 395. The van der Waals surface area contributed by atoms with E-state index >= 15 is 0 Å². The second kappa shape index (κ2) is 5.29. The number of hydrogen-bond donors (Lipinski definition) is 1. The highest BCUT2D eigenvalue weighted by Crippen LogP contribution is 2.44. The van der Waals surface area contributed by atoms with E-state index in [4.69, 9.17) is 9.15 Å². The van der Waals surface area contributed by atoms with Gasteiger partial charge in [-0.25, -0.2) is 0 Å². The van der Waals surface area contributed by atoms with Gasteiger partial charge >= 0.3 is 0 Å². The van der Waals surface area contributed by atoms with Crippen LogP contribution >= 0.6 is 0 Å². The molecule has 0 spiro atoms. The van der Waals surface area contributed by atoms with E-state index in [1.807, 2.05) is 19.2 Å². The molecule has 0 aromatic carbocycles. The molecule has 2 unspecified atom stereocenters. The lowest BCUT2D eigenvalue weighted by Gasteiger charge is -2.32. The minimum Gasteiger partial charge on any atom is -0.469 e. The van der Waals surface area contributed by atoms with Crippen molar-refractivity contribution in [2.75, 3.05) is 7.05 Å². The summed E-state index contributed by atoms with van der Waals surface area (Å²) in [5.74, 6) is 1.60. The molecule has 2 atom stereocenters. The Morgan fingerprint density at radius 1 is 1.37 bits per heavy atom. The SMILES string of the molecule is CNC(CCc1ccco1)C1CC(C)(C)OC1(C)C.